The molecule has 1 heterocycles. The Labute approximate surface area is 151 Å². The summed E-state index contributed by atoms with van der Waals surface area (Å²) in [6.07, 6.45) is 0. The molecule has 1 amide bonds. The second kappa shape index (κ2) is 7.51. The van der Waals surface area contributed by atoms with Crippen molar-refractivity contribution < 1.29 is 4.79 Å². The largest absolute Gasteiger partial charge is 0.351 e. The Morgan fingerprint density at radius 1 is 1.30 bits per heavy atom. The molecule has 0 bridgehead atoms. The molecule has 7 heteroatoms. The Kier molecular flexibility index (Phi) is 5.89. The molecule has 1 aliphatic rings. The van der Waals surface area contributed by atoms with E-state index in [4.69, 9.17) is 35.4 Å². The molecule has 0 spiro atoms. The number of hydrogen-bond acceptors (Lipinski definition) is 2. The molecule has 0 fully saturated rings. The molecule has 2 N–H and O–H groups in total. The van der Waals surface area contributed by atoms with E-state index in [1.807, 2.05) is 26.8 Å². The molecule has 0 radical (unpaired) electrons. The lowest BCUT2D eigenvalue weighted by Gasteiger charge is -2.33. The van der Waals surface area contributed by atoms with Crippen molar-refractivity contribution in [1.29, 1.82) is 0 Å². The number of halogens is 2. The van der Waals surface area contributed by atoms with Crippen molar-refractivity contribution in [2.45, 2.75) is 26.8 Å². The van der Waals surface area contributed by atoms with Gasteiger partial charge in [-0.2, -0.15) is 0 Å². The molecule has 0 saturated heterocycles. The van der Waals surface area contributed by atoms with Crippen LogP contribution in [0.15, 0.2) is 29.5 Å². The average molecular weight is 372 g/mol. The van der Waals surface area contributed by atoms with E-state index in [0.29, 0.717) is 33.8 Å². The third kappa shape index (κ3) is 3.79. The second-order valence-electron chi connectivity index (χ2n) is 5.21. The highest BCUT2D eigenvalue weighted by Gasteiger charge is 2.32. The third-order valence-corrected chi connectivity index (χ3v) is 4.61. The number of hydrogen-bond donors (Lipinski definition) is 2. The van der Waals surface area contributed by atoms with Crippen LogP contribution in [0.3, 0.4) is 0 Å². The smallest absolute Gasteiger partial charge is 0.253 e. The molecule has 0 aromatic heterocycles. The molecule has 1 atom stereocenters. The van der Waals surface area contributed by atoms with Gasteiger partial charge < -0.3 is 15.5 Å². The first-order valence-electron chi connectivity index (χ1n) is 7.41. The lowest BCUT2D eigenvalue weighted by Crippen LogP contribution is -2.47. The molecule has 0 saturated carbocycles. The molecule has 23 heavy (non-hydrogen) atoms. The van der Waals surface area contributed by atoms with E-state index in [-0.39, 0.29) is 5.91 Å². The van der Waals surface area contributed by atoms with Gasteiger partial charge in [0.2, 0.25) is 0 Å². The van der Waals surface area contributed by atoms with E-state index < -0.39 is 6.04 Å². The van der Waals surface area contributed by atoms with Crippen LogP contribution in [0, 0.1) is 0 Å². The number of carbonyl (C=O) groups excluding carboxylic acids is 1. The zero-order valence-corrected chi connectivity index (χ0v) is 15.6. The highest BCUT2D eigenvalue weighted by atomic mass is 35.5. The minimum absolute atomic E-state index is 0.0361. The fraction of sp³-hybridized carbons (Fsp3) is 0.375. The van der Waals surface area contributed by atoms with Gasteiger partial charge in [-0.05, 0) is 50.7 Å². The SMILES string of the molecule is CCN(CC)C(=O)C1=C(C)NC(=S)NC1c1ccc(Cl)cc1Cl. The first-order valence-corrected chi connectivity index (χ1v) is 8.57. The zero-order valence-electron chi connectivity index (χ0n) is 13.2. The van der Waals surface area contributed by atoms with Gasteiger partial charge in [-0.25, -0.2) is 0 Å². The van der Waals surface area contributed by atoms with Crippen LogP contribution in [0.2, 0.25) is 10.0 Å². The van der Waals surface area contributed by atoms with Gasteiger partial charge in [0.25, 0.3) is 5.91 Å². The molecular weight excluding hydrogens is 353 g/mol. The molecule has 1 aromatic rings. The molecule has 124 valence electrons. The van der Waals surface area contributed by atoms with Gasteiger partial charge in [-0.1, -0.05) is 29.3 Å². The highest BCUT2D eigenvalue weighted by molar-refractivity contribution is 7.80. The maximum Gasteiger partial charge on any atom is 0.253 e. The van der Waals surface area contributed by atoms with Gasteiger partial charge in [0, 0.05) is 28.8 Å². The summed E-state index contributed by atoms with van der Waals surface area (Å²) < 4.78 is 0. The Morgan fingerprint density at radius 2 is 1.96 bits per heavy atom. The van der Waals surface area contributed by atoms with Crippen molar-refractivity contribution in [3.63, 3.8) is 0 Å². The van der Waals surface area contributed by atoms with E-state index in [9.17, 15) is 4.79 Å². The number of nitrogens with one attached hydrogen (secondary N) is 2. The number of likely N-dealkylation sites (N-methyl/N-ethyl adjacent to an activating group) is 1. The van der Waals surface area contributed by atoms with Gasteiger partial charge in [-0.3, -0.25) is 4.79 Å². The first-order chi connectivity index (χ1) is 10.9. The summed E-state index contributed by atoms with van der Waals surface area (Å²) in [5, 5.41) is 7.69. The standard InChI is InChI=1S/C16H19Cl2N3OS/c1-4-21(5-2)15(22)13-9(3)19-16(23)20-14(13)11-7-6-10(17)8-12(11)18/h6-8,14H,4-5H2,1-3H3,(H2,19,20,23). The molecule has 1 aliphatic heterocycles. The fourth-order valence-electron chi connectivity index (χ4n) is 2.63. The minimum Gasteiger partial charge on any atom is -0.351 e. The third-order valence-electron chi connectivity index (χ3n) is 3.82. The number of thiocarbonyl (C=S) groups is 1. The van der Waals surface area contributed by atoms with Gasteiger partial charge >= 0.3 is 0 Å². The van der Waals surface area contributed by atoms with Gasteiger partial charge in [0.15, 0.2) is 5.11 Å². The number of amides is 1. The zero-order chi connectivity index (χ0) is 17.1. The van der Waals surface area contributed by atoms with Crippen molar-refractivity contribution in [2.75, 3.05) is 13.1 Å². The molecular formula is C16H19Cl2N3OS. The van der Waals surface area contributed by atoms with Crippen LogP contribution in [0.5, 0.6) is 0 Å². The average Bonchev–Trinajstić information content (AvgIpc) is 2.47. The number of benzene rings is 1. The van der Waals surface area contributed by atoms with E-state index in [2.05, 4.69) is 10.6 Å². The molecule has 2 rings (SSSR count). The molecule has 4 nitrogen and oxygen atoms in total. The van der Waals surface area contributed by atoms with Crippen molar-refractivity contribution in [3.8, 4) is 0 Å². The summed E-state index contributed by atoms with van der Waals surface area (Å²) in [6, 6.07) is 4.84. The maximum absolute atomic E-state index is 12.9. The Balaban J connectivity index is 2.52. The van der Waals surface area contributed by atoms with Crippen LogP contribution in [0.25, 0.3) is 0 Å². The van der Waals surface area contributed by atoms with Gasteiger partial charge in [0.05, 0.1) is 11.6 Å². The summed E-state index contributed by atoms with van der Waals surface area (Å²) in [6.45, 7) is 7.03. The Morgan fingerprint density at radius 3 is 2.52 bits per heavy atom. The summed E-state index contributed by atoms with van der Waals surface area (Å²) in [5.74, 6) is -0.0361. The summed E-state index contributed by atoms with van der Waals surface area (Å²) >= 11 is 17.6. The van der Waals surface area contributed by atoms with Crippen molar-refractivity contribution in [1.82, 2.24) is 15.5 Å². The van der Waals surface area contributed by atoms with E-state index >= 15 is 0 Å². The Hall–Kier alpha value is -1.30. The lowest BCUT2D eigenvalue weighted by molar-refractivity contribution is -0.127. The van der Waals surface area contributed by atoms with Gasteiger partial charge in [0.1, 0.15) is 0 Å². The highest BCUT2D eigenvalue weighted by Crippen LogP contribution is 2.33. The van der Waals surface area contributed by atoms with E-state index in [0.717, 1.165) is 11.3 Å². The Bertz CT molecular complexity index is 671. The fourth-order valence-corrected chi connectivity index (χ4v) is 3.42. The molecule has 1 unspecified atom stereocenters. The van der Waals surface area contributed by atoms with Crippen LogP contribution in [0.1, 0.15) is 32.4 Å². The summed E-state index contributed by atoms with van der Waals surface area (Å²) in [5.41, 5.74) is 2.13. The van der Waals surface area contributed by atoms with Crippen molar-refractivity contribution in [3.05, 3.63) is 45.1 Å². The summed E-state index contributed by atoms with van der Waals surface area (Å²) in [4.78, 5) is 14.7. The number of rotatable bonds is 4. The van der Waals surface area contributed by atoms with Crippen molar-refractivity contribution in [2.24, 2.45) is 0 Å². The normalized spacial score (nSPS) is 17.6. The van der Waals surface area contributed by atoms with Gasteiger partial charge in [-0.15, -0.1) is 0 Å². The second-order valence-corrected chi connectivity index (χ2v) is 6.47. The van der Waals surface area contributed by atoms with Crippen LogP contribution < -0.4 is 10.6 Å². The monoisotopic (exact) mass is 371 g/mol. The van der Waals surface area contributed by atoms with Crippen LogP contribution >= 0.6 is 35.4 Å². The topological polar surface area (TPSA) is 44.4 Å². The minimum atomic E-state index is -0.401. The maximum atomic E-state index is 12.9. The van der Waals surface area contributed by atoms with Crippen LogP contribution in [-0.2, 0) is 4.79 Å². The van der Waals surface area contributed by atoms with Crippen LogP contribution in [0.4, 0.5) is 0 Å². The summed E-state index contributed by atoms with van der Waals surface area (Å²) in [7, 11) is 0. The number of nitrogens with zero attached hydrogens (tertiary/aromatic N) is 1. The number of carbonyl (C=O) groups is 1. The van der Waals surface area contributed by atoms with E-state index in [1.54, 1.807) is 17.0 Å². The number of allylic oxidation sites excluding steroid dienone is 1. The quantitative estimate of drug-likeness (QED) is 0.792. The first kappa shape index (κ1) is 18.0. The van der Waals surface area contributed by atoms with E-state index in [1.165, 1.54) is 0 Å². The van der Waals surface area contributed by atoms with Crippen molar-refractivity contribution >= 4 is 46.4 Å². The predicted molar refractivity (Wildman–Crippen MR) is 98.7 cm³/mol. The molecule has 0 aliphatic carbocycles. The lowest BCUT2D eigenvalue weighted by atomic mass is 9.94. The molecule has 1 aromatic carbocycles. The predicted octanol–water partition coefficient (Wildman–Crippen LogP) is 3.65. The van der Waals surface area contributed by atoms with Crippen LogP contribution in [-0.4, -0.2) is 29.0 Å².